The lowest BCUT2D eigenvalue weighted by Gasteiger charge is -2.39. The van der Waals surface area contributed by atoms with E-state index in [-0.39, 0.29) is 24.5 Å². The number of benzene rings is 1. The third-order valence-corrected chi connectivity index (χ3v) is 7.21. The molecule has 0 radical (unpaired) electrons. The van der Waals surface area contributed by atoms with Crippen molar-refractivity contribution in [1.29, 1.82) is 0 Å². The number of allylic oxidation sites excluding steroid dienone is 4. The monoisotopic (exact) mass is 468 g/mol. The largest absolute Gasteiger partial charge is 0.471 e. The van der Waals surface area contributed by atoms with Gasteiger partial charge in [0, 0.05) is 24.2 Å². The summed E-state index contributed by atoms with van der Waals surface area (Å²) in [6.45, 7) is 5.82. The molecular formula is C28H28N4O3. The lowest BCUT2D eigenvalue weighted by Crippen LogP contribution is -2.40. The molecule has 1 saturated heterocycles. The van der Waals surface area contributed by atoms with Crippen molar-refractivity contribution >= 4 is 16.8 Å². The second kappa shape index (κ2) is 8.89. The summed E-state index contributed by atoms with van der Waals surface area (Å²) < 4.78 is 11.7. The molecule has 0 saturated carbocycles. The van der Waals surface area contributed by atoms with Gasteiger partial charge in [-0.1, -0.05) is 36.3 Å². The lowest BCUT2D eigenvalue weighted by atomic mass is 9.78. The van der Waals surface area contributed by atoms with E-state index in [9.17, 15) is 4.79 Å². The highest BCUT2D eigenvalue weighted by atomic mass is 16.5. The fourth-order valence-corrected chi connectivity index (χ4v) is 5.34. The number of pyridine rings is 1. The van der Waals surface area contributed by atoms with Gasteiger partial charge in [0.05, 0.1) is 30.7 Å². The van der Waals surface area contributed by atoms with Crippen molar-refractivity contribution in [2.75, 3.05) is 13.2 Å². The Morgan fingerprint density at radius 3 is 2.89 bits per heavy atom. The molecule has 3 aromatic rings. The summed E-state index contributed by atoms with van der Waals surface area (Å²) in [6.07, 6.45) is 6.55. The van der Waals surface area contributed by atoms with Crippen molar-refractivity contribution < 1.29 is 14.3 Å². The van der Waals surface area contributed by atoms with Crippen LogP contribution >= 0.6 is 0 Å². The molecule has 2 aromatic heterocycles. The molecule has 4 heterocycles. The van der Waals surface area contributed by atoms with E-state index in [1.165, 1.54) is 11.1 Å². The minimum atomic E-state index is -0.112. The molecule has 2 unspecified atom stereocenters. The third-order valence-electron chi connectivity index (χ3n) is 7.21. The second-order valence-electron chi connectivity index (χ2n) is 9.36. The first-order chi connectivity index (χ1) is 17.1. The zero-order valence-electron chi connectivity index (χ0n) is 20.0. The summed E-state index contributed by atoms with van der Waals surface area (Å²) in [5, 5.41) is 0.862. The minimum absolute atomic E-state index is 0.0282. The Morgan fingerprint density at radius 2 is 2.06 bits per heavy atom. The molecule has 7 heteroatoms. The van der Waals surface area contributed by atoms with Gasteiger partial charge >= 0.3 is 0 Å². The van der Waals surface area contributed by atoms with Gasteiger partial charge in [0.1, 0.15) is 11.8 Å². The van der Waals surface area contributed by atoms with Gasteiger partial charge in [0.25, 0.3) is 5.91 Å². The third kappa shape index (κ3) is 3.90. The van der Waals surface area contributed by atoms with E-state index < -0.39 is 0 Å². The smallest absolute Gasteiger partial charge is 0.277 e. The molecule has 2 aliphatic heterocycles. The zero-order valence-corrected chi connectivity index (χ0v) is 20.0. The molecule has 1 aliphatic carbocycles. The van der Waals surface area contributed by atoms with Gasteiger partial charge in [0.15, 0.2) is 5.82 Å². The minimum Gasteiger partial charge on any atom is -0.471 e. The molecule has 0 spiro atoms. The Labute approximate surface area is 204 Å². The number of para-hydroxylation sites is 1. The highest BCUT2D eigenvalue weighted by Crippen LogP contribution is 2.44. The molecule has 0 bridgehead atoms. The van der Waals surface area contributed by atoms with Crippen LogP contribution in [0.3, 0.4) is 0 Å². The van der Waals surface area contributed by atoms with E-state index in [4.69, 9.17) is 19.4 Å². The Hall–Kier alpha value is -3.58. The maximum Gasteiger partial charge on any atom is 0.277 e. The number of aromatic nitrogens is 3. The first-order valence-corrected chi connectivity index (χ1v) is 12.3. The van der Waals surface area contributed by atoms with Crippen molar-refractivity contribution in [1.82, 2.24) is 19.9 Å². The normalized spacial score (nSPS) is 21.7. The molecule has 1 amide bonds. The van der Waals surface area contributed by atoms with Crippen molar-refractivity contribution in [2.45, 2.75) is 51.7 Å². The maximum absolute atomic E-state index is 13.7. The van der Waals surface area contributed by atoms with Crippen molar-refractivity contribution in [2.24, 2.45) is 0 Å². The van der Waals surface area contributed by atoms with Crippen LogP contribution < -0.4 is 4.74 Å². The highest BCUT2D eigenvalue weighted by Gasteiger charge is 2.39. The molecule has 0 N–H and O–H groups in total. The number of rotatable bonds is 5. The van der Waals surface area contributed by atoms with Crippen LogP contribution in [0.1, 0.15) is 60.9 Å². The zero-order chi connectivity index (χ0) is 23.9. The molecule has 6 rings (SSSR count). The van der Waals surface area contributed by atoms with Crippen molar-refractivity contribution in [3.63, 3.8) is 0 Å². The van der Waals surface area contributed by atoms with Gasteiger partial charge in [-0.25, -0.2) is 4.98 Å². The lowest BCUT2D eigenvalue weighted by molar-refractivity contribution is 0.0757. The molecule has 7 nitrogen and oxygen atoms in total. The maximum atomic E-state index is 13.7. The molecule has 3 aliphatic rings. The van der Waals surface area contributed by atoms with E-state index in [1.807, 2.05) is 41.3 Å². The van der Waals surface area contributed by atoms with Crippen molar-refractivity contribution in [3.8, 4) is 5.88 Å². The molecular weight excluding hydrogens is 440 g/mol. The van der Waals surface area contributed by atoms with Crippen LogP contribution in [0.4, 0.5) is 0 Å². The van der Waals surface area contributed by atoms with Gasteiger partial charge < -0.3 is 14.4 Å². The summed E-state index contributed by atoms with van der Waals surface area (Å²) in [5.74, 6) is 1.08. The van der Waals surface area contributed by atoms with E-state index in [2.05, 4.69) is 24.9 Å². The summed E-state index contributed by atoms with van der Waals surface area (Å²) in [7, 11) is 0. The van der Waals surface area contributed by atoms with Crippen LogP contribution in [0, 0.1) is 0 Å². The molecule has 1 aromatic carbocycles. The van der Waals surface area contributed by atoms with Crippen LogP contribution in [-0.4, -0.2) is 45.1 Å². The topological polar surface area (TPSA) is 77.4 Å². The average molecular weight is 469 g/mol. The number of hydrogen-bond acceptors (Lipinski definition) is 6. The fraction of sp³-hybridized carbons (Fsp3) is 0.357. The number of nitrogens with zero attached hydrogens (tertiary/aromatic N) is 4. The SMILES string of the molecule is CCC1=C(C)C=C2C(C1)c1cccnc1C(=O)N2Cc1nc(OC2CCOC2)c2ccccc2n1. The van der Waals surface area contributed by atoms with Crippen LogP contribution in [0.25, 0.3) is 10.9 Å². The molecule has 2 atom stereocenters. The van der Waals surface area contributed by atoms with Gasteiger partial charge in [0.2, 0.25) is 5.88 Å². The van der Waals surface area contributed by atoms with Crippen molar-refractivity contribution in [3.05, 3.63) is 82.6 Å². The molecule has 35 heavy (non-hydrogen) atoms. The number of carbonyl (C=O) groups excluding carboxylic acids is 1. The highest BCUT2D eigenvalue weighted by molar-refractivity contribution is 5.97. The summed E-state index contributed by atoms with van der Waals surface area (Å²) in [6, 6.07) is 11.8. The predicted octanol–water partition coefficient (Wildman–Crippen LogP) is 4.95. The quantitative estimate of drug-likeness (QED) is 0.528. The van der Waals surface area contributed by atoms with E-state index >= 15 is 0 Å². The van der Waals surface area contributed by atoms with E-state index in [0.717, 1.165) is 41.4 Å². The summed E-state index contributed by atoms with van der Waals surface area (Å²) in [4.78, 5) is 29.5. The van der Waals surface area contributed by atoms with Gasteiger partial charge in [-0.15, -0.1) is 0 Å². The van der Waals surface area contributed by atoms with Gasteiger partial charge in [-0.3, -0.25) is 9.78 Å². The number of ether oxygens (including phenoxy) is 2. The van der Waals surface area contributed by atoms with E-state index in [1.54, 1.807) is 6.20 Å². The first kappa shape index (κ1) is 21.9. The first-order valence-electron chi connectivity index (χ1n) is 12.3. The van der Waals surface area contributed by atoms with Crippen LogP contribution in [0.5, 0.6) is 5.88 Å². The predicted molar refractivity (Wildman–Crippen MR) is 132 cm³/mol. The Balaban J connectivity index is 1.42. The Bertz CT molecular complexity index is 1370. The van der Waals surface area contributed by atoms with Gasteiger partial charge in [-0.05, 0) is 49.6 Å². The molecule has 178 valence electrons. The van der Waals surface area contributed by atoms with Crippen LogP contribution in [-0.2, 0) is 11.3 Å². The number of carbonyl (C=O) groups is 1. The fourth-order valence-electron chi connectivity index (χ4n) is 5.34. The van der Waals surface area contributed by atoms with Crippen LogP contribution in [0.15, 0.2) is 65.5 Å². The summed E-state index contributed by atoms with van der Waals surface area (Å²) >= 11 is 0. The average Bonchev–Trinajstić information content (AvgIpc) is 3.39. The summed E-state index contributed by atoms with van der Waals surface area (Å²) in [5.41, 5.74) is 5.96. The van der Waals surface area contributed by atoms with Gasteiger partial charge in [-0.2, -0.15) is 4.98 Å². The second-order valence-corrected chi connectivity index (χ2v) is 9.36. The number of fused-ring (bicyclic) bond motifs is 4. The van der Waals surface area contributed by atoms with Crippen LogP contribution in [0.2, 0.25) is 0 Å². The Morgan fingerprint density at radius 1 is 1.17 bits per heavy atom. The number of hydrogen-bond donors (Lipinski definition) is 0. The Kier molecular flexibility index (Phi) is 5.57. The standard InChI is InChI=1S/C28H28N4O3/c1-3-18-14-22-20-8-6-11-29-26(20)28(33)32(24(22)13-17(18)2)15-25-30-23-9-5-4-7-21(23)27(31-25)35-19-10-12-34-16-19/h4-9,11,13,19,22H,3,10,12,14-16H2,1-2H3. The molecule has 1 fully saturated rings. The number of amides is 1. The van der Waals surface area contributed by atoms with E-state index in [0.29, 0.717) is 30.6 Å².